The summed E-state index contributed by atoms with van der Waals surface area (Å²) < 4.78 is 7.88. The molecule has 4 heavy (non-hydrogen) atoms. The van der Waals surface area contributed by atoms with Crippen molar-refractivity contribution in [3.05, 3.63) is 0 Å². The van der Waals surface area contributed by atoms with Crippen LogP contribution in [-0.2, 0) is 41.7 Å². The van der Waals surface area contributed by atoms with E-state index in [1.165, 1.54) is 0 Å². The molecule has 2 radical (unpaired) electrons. The molecule has 0 aromatic rings. The van der Waals surface area contributed by atoms with E-state index in [2.05, 4.69) is 15.4 Å². The molecule has 0 amide bonds. The molecule has 0 saturated carbocycles. The number of hydrogen-bond acceptors (Lipinski definition) is 1. The molecular formula is AuLaNiO. The van der Waals surface area contributed by atoms with Gasteiger partial charge in [0.1, 0.15) is 0 Å². The average molecular weight is 411 g/mol. The first-order valence-corrected chi connectivity index (χ1v) is 0.532. The molecule has 0 N–H and O–H groups in total. The van der Waals surface area contributed by atoms with Crippen LogP contribution in [-0.4, -0.2) is 0 Å². The number of rotatable bonds is 0. The van der Waals surface area contributed by atoms with Gasteiger partial charge in [-0.3, -0.25) is 0 Å². The normalized spacial score (nSPS) is 1.50. The van der Waals surface area contributed by atoms with Gasteiger partial charge < -0.3 is 0 Å². The van der Waals surface area contributed by atoms with Crippen LogP contribution in [0.3, 0.4) is 0 Å². The van der Waals surface area contributed by atoms with E-state index in [9.17, 15) is 0 Å². The summed E-state index contributed by atoms with van der Waals surface area (Å²) in [5.41, 5.74) is 0. The predicted octanol–water partition coefficient (Wildman–Crippen LogP) is -0.124. The topological polar surface area (TPSA) is 17.1 Å². The van der Waals surface area contributed by atoms with Crippen LogP contribution in [0.4, 0.5) is 0 Å². The third-order valence-electron chi connectivity index (χ3n) is 0. The van der Waals surface area contributed by atoms with Crippen molar-refractivity contribution in [2.24, 2.45) is 0 Å². The fraction of sp³-hybridized carbons (Fsp3) is 0. The van der Waals surface area contributed by atoms with E-state index in [1.807, 2.05) is 0 Å². The first-order valence-electron chi connectivity index (χ1n) is 0.129. The Morgan fingerprint density at radius 3 is 1.25 bits per heavy atom. The molecule has 30 valence electrons. The third-order valence-corrected chi connectivity index (χ3v) is 0. The van der Waals surface area contributed by atoms with E-state index in [0.29, 0.717) is 0 Å². The summed E-state index contributed by atoms with van der Waals surface area (Å²) in [5.74, 6) is 0. The molecule has 0 rings (SSSR count). The van der Waals surface area contributed by atoms with Gasteiger partial charge in [-0.1, -0.05) is 0 Å². The van der Waals surface area contributed by atoms with Crippen molar-refractivity contribution in [3.8, 4) is 0 Å². The quantitative estimate of drug-likeness (QED) is 0.509. The molecule has 0 saturated heterocycles. The first kappa shape index (κ1) is 16.3. The molecule has 0 heterocycles. The van der Waals surface area contributed by atoms with Gasteiger partial charge in [0.25, 0.3) is 0 Å². The molecule has 0 aromatic carbocycles. The van der Waals surface area contributed by atoms with Gasteiger partial charge in [-0.05, 0) is 0 Å². The maximum atomic E-state index is 7.88. The van der Waals surface area contributed by atoms with Crippen LogP contribution in [0.2, 0.25) is 0 Å². The molecule has 0 aromatic heterocycles. The monoisotopic (exact) mass is 410 g/mol. The Labute approximate surface area is 76.0 Å². The van der Waals surface area contributed by atoms with Crippen LogP contribution in [0, 0.1) is 35.6 Å². The van der Waals surface area contributed by atoms with Crippen LogP contribution >= 0.6 is 0 Å². The van der Waals surface area contributed by atoms with Gasteiger partial charge in [-0.25, -0.2) is 0 Å². The van der Waals surface area contributed by atoms with Crippen LogP contribution in [0.15, 0.2) is 0 Å². The van der Waals surface area contributed by atoms with Crippen LogP contribution in [0.5, 0.6) is 0 Å². The minimum atomic E-state index is 0. The summed E-state index contributed by atoms with van der Waals surface area (Å²) >= 11 is 2.62. The SMILES string of the molecule is [Au].[La].[O]=[Ni]. The van der Waals surface area contributed by atoms with E-state index < -0.39 is 0 Å². The molecule has 1 nitrogen and oxygen atoms in total. The van der Waals surface area contributed by atoms with Crippen molar-refractivity contribution in [1.29, 1.82) is 0 Å². The second-order valence-electron chi connectivity index (χ2n) is 0. The zero-order valence-corrected chi connectivity index (χ0v) is 8.38. The molecule has 0 spiro atoms. The summed E-state index contributed by atoms with van der Waals surface area (Å²) in [6.07, 6.45) is 0. The Balaban J connectivity index is -0.00000000500. The second-order valence-corrected chi connectivity index (χ2v) is 0. The van der Waals surface area contributed by atoms with Gasteiger partial charge in [-0.2, -0.15) is 0 Å². The molecular weight excluding hydrogens is 411 g/mol. The Bertz CT molecular complexity index is 8.00. The van der Waals surface area contributed by atoms with Crippen molar-refractivity contribution in [1.82, 2.24) is 0 Å². The average Bonchev–Trinajstić information content (AvgIpc) is 1.00. The van der Waals surface area contributed by atoms with Crippen molar-refractivity contribution >= 4 is 0 Å². The zero-order chi connectivity index (χ0) is 2.00. The molecule has 0 unspecified atom stereocenters. The summed E-state index contributed by atoms with van der Waals surface area (Å²) in [6, 6.07) is 0. The second kappa shape index (κ2) is 18.8. The van der Waals surface area contributed by atoms with Gasteiger partial charge in [0.15, 0.2) is 0 Å². The van der Waals surface area contributed by atoms with Crippen LogP contribution in [0.1, 0.15) is 0 Å². The molecule has 4 heteroatoms. The molecule has 0 aliphatic carbocycles. The summed E-state index contributed by atoms with van der Waals surface area (Å²) in [6.45, 7) is 0. The fourth-order valence-corrected chi connectivity index (χ4v) is 0. The Kier molecular flexibility index (Phi) is 76.9. The van der Waals surface area contributed by atoms with E-state index in [1.54, 1.807) is 0 Å². The molecule has 0 fully saturated rings. The third kappa shape index (κ3) is 8.87. The Morgan fingerprint density at radius 1 is 1.25 bits per heavy atom. The van der Waals surface area contributed by atoms with Crippen molar-refractivity contribution in [2.45, 2.75) is 0 Å². The maximum absolute atomic E-state index is 7.88. The molecule has 0 atom stereocenters. The predicted molar refractivity (Wildman–Crippen MR) is 0.686 cm³/mol. The standard InChI is InChI=1S/Au.La.Ni.O. The number of hydrogen-bond donors (Lipinski definition) is 0. The summed E-state index contributed by atoms with van der Waals surface area (Å²) in [5, 5.41) is 0. The van der Waals surface area contributed by atoms with Gasteiger partial charge in [0, 0.05) is 58.0 Å². The van der Waals surface area contributed by atoms with E-state index in [4.69, 9.17) is 3.90 Å². The van der Waals surface area contributed by atoms with Gasteiger partial charge in [0.05, 0.1) is 0 Å². The van der Waals surface area contributed by atoms with Gasteiger partial charge in [-0.15, -0.1) is 0 Å². The van der Waals surface area contributed by atoms with Crippen LogP contribution in [0.25, 0.3) is 0 Å². The summed E-state index contributed by atoms with van der Waals surface area (Å²) in [7, 11) is 0. The van der Waals surface area contributed by atoms with Crippen LogP contribution < -0.4 is 0 Å². The Morgan fingerprint density at radius 2 is 1.25 bits per heavy atom. The fourth-order valence-electron chi connectivity index (χ4n) is 0. The van der Waals surface area contributed by atoms with E-state index >= 15 is 0 Å². The van der Waals surface area contributed by atoms with E-state index in [0.717, 1.165) is 0 Å². The molecule has 0 aliphatic heterocycles. The van der Waals surface area contributed by atoms with Gasteiger partial charge >= 0.3 is 19.3 Å². The van der Waals surface area contributed by atoms with E-state index in [-0.39, 0.29) is 58.0 Å². The van der Waals surface area contributed by atoms with Gasteiger partial charge in [0.2, 0.25) is 0 Å². The van der Waals surface area contributed by atoms with Crippen molar-refractivity contribution < 1.29 is 77.3 Å². The minimum absolute atomic E-state index is 0. The first-order chi connectivity index (χ1) is 1.00. The van der Waals surface area contributed by atoms with Crippen molar-refractivity contribution in [2.75, 3.05) is 0 Å². The Hall–Kier alpha value is 2.23. The van der Waals surface area contributed by atoms with Crippen molar-refractivity contribution in [3.63, 3.8) is 0 Å². The summed E-state index contributed by atoms with van der Waals surface area (Å²) in [4.78, 5) is 0. The molecule has 0 bridgehead atoms. The zero-order valence-electron chi connectivity index (χ0n) is 1.60. The molecule has 0 aliphatic rings.